The average Bonchev–Trinajstić information content (AvgIpc) is 2.24. The van der Waals surface area contributed by atoms with E-state index >= 15 is 0 Å². The van der Waals surface area contributed by atoms with Crippen molar-refractivity contribution in [3.63, 3.8) is 0 Å². The Morgan fingerprint density at radius 3 is 2.19 bits per heavy atom. The van der Waals surface area contributed by atoms with Crippen LogP contribution in [0.4, 0.5) is 19.3 Å². The molecule has 1 amide bonds. The smallest absolute Gasteiger partial charge is 0.412 e. The number of anilines is 1. The molecule has 0 aliphatic rings. The van der Waals surface area contributed by atoms with E-state index in [0.29, 0.717) is 6.92 Å². The minimum absolute atomic E-state index is 0.107. The van der Waals surface area contributed by atoms with E-state index in [-0.39, 0.29) is 5.69 Å². The van der Waals surface area contributed by atoms with Gasteiger partial charge in [-0.3, -0.25) is 5.32 Å². The Labute approximate surface area is 120 Å². The highest BCUT2D eigenvalue weighted by molar-refractivity contribution is 5.99. The molecular formula is C14H17F2NO4. The normalized spacial score (nSPS) is 11.9. The van der Waals surface area contributed by atoms with Crippen LogP contribution in [0.5, 0.6) is 0 Å². The minimum Gasteiger partial charge on any atom is -0.478 e. The summed E-state index contributed by atoms with van der Waals surface area (Å²) in [6.07, 6.45) is -0.860. The maximum absolute atomic E-state index is 13.2. The van der Waals surface area contributed by atoms with E-state index in [1.807, 2.05) is 0 Å². The molecule has 0 aliphatic carbocycles. The molecule has 0 unspecified atom stereocenters. The second kappa shape index (κ2) is 5.67. The van der Waals surface area contributed by atoms with Crippen LogP contribution in [0, 0.1) is 0 Å². The minimum atomic E-state index is -3.17. The van der Waals surface area contributed by atoms with Gasteiger partial charge in [0.15, 0.2) is 0 Å². The van der Waals surface area contributed by atoms with Gasteiger partial charge in [0, 0.05) is 12.5 Å². The lowest BCUT2D eigenvalue weighted by atomic mass is 10.0. The van der Waals surface area contributed by atoms with Crippen molar-refractivity contribution in [1.82, 2.24) is 0 Å². The second-order valence-electron chi connectivity index (χ2n) is 5.58. The lowest BCUT2D eigenvalue weighted by Crippen LogP contribution is -2.27. The number of carboxylic acids is 1. The Morgan fingerprint density at radius 1 is 1.19 bits per heavy atom. The van der Waals surface area contributed by atoms with E-state index in [9.17, 15) is 18.4 Å². The number of benzene rings is 1. The van der Waals surface area contributed by atoms with Gasteiger partial charge in [0.2, 0.25) is 0 Å². The quantitative estimate of drug-likeness (QED) is 0.889. The molecule has 7 heteroatoms. The van der Waals surface area contributed by atoms with Gasteiger partial charge in [-0.2, -0.15) is 0 Å². The number of hydrogen-bond acceptors (Lipinski definition) is 3. The van der Waals surface area contributed by atoms with Crippen molar-refractivity contribution in [3.8, 4) is 0 Å². The van der Waals surface area contributed by atoms with Gasteiger partial charge in [0.25, 0.3) is 5.92 Å². The highest BCUT2D eigenvalue weighted by atomic mass is 19.3. The number of carbonyl (C=O) groups is 2. The zero-order valence-corrected chi connectivity index (χ0v) is 12.2. The molecule has 0 radical (unpaired) electrons. The molecule has 2 N–H and O–H groups in total. The van der Waals surface area contributed by atoms with Crippen molar-refractivity contribution in [3.05, 3.63) is 29.3 Å². The van der Waals surface area contributed by atoms with E-state index in [2.05, 4.69) is 5.32 Å². The largest absolute Gasteiger partial charge is 0.478 e. The Morgan fingerprint density at radius 2 is 1.76 bits per heavy atom. The van der Waals surface area contributed by atoms with E-state index < -0.39 is 34.7 Å². The predicted molar refractivity (Wildman–Crippen MR) is 72.8 cm³/mol. The number of nitrogens with one attached hydrogen (secondary N) is 1. The molecule has 5 nitrogen and oxygen atoms in total. The maximum Gasteiger partial charge on any atom is 0.412 e. The molecule has 0 atom stereocenters. The summed E-state index contributed by atoms with van der Waals surface area (Å²) in [4.78, 5) is 22.7. The van der Waals surface area contributed by atoms with Crippen molar-refractivity contribution in [2.75, 3.05) is 5.32 Å². The highest BCUT2D eigenvalue weighted by Gasteiger charge is 2.27. The van der Waals surface area contributed by atoms with Crippen molar-refractivity contribution in [2.24, 2.45) is 0 Å². The van der Waals surface area contributed by atoms with E-state index in [1.165, 1.54) is 0 Å². The van der Waals surface area contributed by atoms with Gasteiger partial charge in [-0.05, 0) is 32.9 Å². The number of ether oxygens (including phenoxy) is 1. The zero-order valence-electron chi connectivity index (χ0n) is 12.2. The van der Waals surface area contributed by atoms with Gasteiger partial charge in [-0.15, -0.1) is 0 Å². The number of alkyl halides is 2. The van der Waals surface area contributed by atoms with Gasteiger partial charge >= 0.3 is 12.1 Å². The fourth-order valence-corrected chi connectivity index (χ4v) is 1.52. The monoisotopic (exact) mass is 301 g/mol. The number of carboxylic acid groups (broad SMARTS) is 1. The first-order valence-corrected chi connectivity index (χ1v) is 6.16. The molecule has 21 heavy (non-hydrogen) atoms. The third kappa shape index (κ3) is 5.02. The molecule has 1 aromatic rings. The zero-order chi connectivity index (χ0) is 16.4. The van der Waals surface area contributed by atoms with E-state index in [4.69, 9.17) is 9.84 Å². The topological polar surface area (TPSA) is 75.6 Å². The van der Waals surface area contributed by atoms with Crippen molar-refractivity contribution in [1.29, 1.82) is 0 Å². The van der Waals surface area contributed by atoms with E-state index in [0.717, 1.165) is 18.2 Å². The molecule has 0 heterocycles. The van der Waals surface area contributed by atoms with Gasteiger partial charge in [-0.25, -0.2) is 18.4 Å². The van der Waals surface area contributed by atoms with Gasteiger partial charge in [0.05, 0.1) is 11.3 Å². The molecule has 1 aromatic carbocycles. The molecule has 1 rings (SSSR count). The second-order valence-corrected chi connectivity index (χ2v) is 5.58. The fourth-order valence-electron chi connectivity index (χ4n) is 1.52. The summed E-state index contributed by atoms with van der Waals surface area (Å²) in [6.45, 7) is 5.59. The molecule has 0 aromatic heterocycles. The Balaban J connectivity index is 3.08. The average molecular weight is 301 g/mol. The Hall–Kier alpha value is -2.18. The lowest BCUT2D eigenvalue weighted by Gasteiger charge is -2.20. The van der Waals surface area contributed by atoms with Crippen LogP contribution in [0.15, 0.2) is 18.2 Å². The third-order valence-electron chi connectivity index (χ3n) is 2.39. The van der Waals surface area contributed by atoms with Crippen LogP contribution < -0.4 is 5.32 Å². The summed E-state index contributed by atoms with van der Waals surface area (Å²) in [6, 6.07) is 2.99. The molecule has 0 aliphatic heterocycles. The molecule has 0 spiro atoms. The summed E-state index contributed by atoms with van der Waals surface area (Å²) in [5.74, 6) is -4.60. The first-order valence-electron chi connectivity index (χ1n) is 6.16. The van der Waals surface area contributed by atoms with Gasteiger partial charge in [-0.1, -0.05) is 6.07 Å². The van der Waals surface area contributed by atoms with Crippen LogP contribution in [-0.4, -0.2) is 22.8 Å². The summed E-state index contributed by atoms with van der Waals surface area (Å²) >= 11 is 0. The standard InChI is InChI=1S/C14H17F2NO4/c1-13(2,3)21-12(20)17-10-6-5-8(14(4,15)16)7-9(10)11(18)19/h5-7H,1-4H3,(H,17,20)(H,18,19). The summed E-state index contributed by atoms with van der Waals surface area (Å²) in [7, 11) is 0. The van der Waals surface area contributed by atoms with Crippen LogP contribution in [-0.2, 0) is 10.7 Å². The summed E-state index contributed by atoms with van der Waals surface area (Å²) in [5.41, 5.74) is -1.75. The molecule has 116 valence electrons. The molecule has 0 saturated heterocycles. The molecular weight excluding hydrogens is 284 g/mol. The van der Waals surface area contributed by atoms with Crippen molar-refractivity contribution < 1.29 is 28.2 Å². The summed E-state index contributed by atoms with van der Waals surface area (Å²) in [5, 5.41) is 11.3. The Bertz CT molecular complexity index is 559. The number of rotatable bonds is 3. The summed E-state index contributed by atoms with van der Waals surface area (Å²) < 4.78 is 31.4. The maximum atomic E-state index is 13.2. The van der Waals surface area contributed by atoms with Crippen LogP contribution >= 0.6 is 0 Å². The first-order chi connectivity index (χ1) is 9.40. The number of halogens is 2. The number of aromatic carboxylic acids is 1. The molecule has 0 bridgehead atoms. The third-order valence-corrected chi connectivity index (χ3v) is 2.39. The number of carbonyl (C=O) groups excluding carboxylic acids is 1. The molecule has 0 saturated carbocycles. The SMILES string of the molecule is CC(C)(C)OC(=O)Nc1ccc(C(C)(F)F)cc1C(=O)O. The van der Waals surface area contributed by atoms with Crippen LogP contribution in [0.1, 0.15) is 43.6 Å². The predicted octanol–water partition coefficient (Wildman–Crippen LogP) is 3.84. The van der Waals surface area contributed by atoms with Crippen LogP contribution in [0.25, 0.3) is 0 Å². The lowest BCUT2D eigenvalue weighted by molar-refractivity contribution is 0.0174. The molecule has 0 fully saturated rings. The van der Waals surface area contributed by atoms with Crippen LogP contribution in [0.2, 0.25) is 0 Å². The van der Waals surface area contributed by atoms with Crippen molar-refractivity contribution in [2.45, 2.75) is 39.2 Å². The van der Waals surface area contributed by atoms with Gasteiger partial charge in [0.1, 0.15) is 5.60 Å². The fraction of sp³-hybridized carbons (Fsp3) is 0.429. The van der Waals surface area contributed by atoms with Gasteiger partial charge < -0.3 is 9.84 Å². The van der Waals surface area contributed by atoms with E-state index in [1.54, 1.807) is 20.8 Å². The Kier molecular flexibility index (Phi) is 4.56. The highest BCUT2D eigenvalue weighted by Crippen LogP contribution is 2.30. The first kappa shape index (κ1) is 16.9. The van der Waals surface area contributed by atoms with Crippen LogP contribution in [0.3, 0.4) is 0 Å². The van der Waals surface area contributed by atoms with Crippen molar-refractivity contribution >= 4 is 17.7 Å². The number of hydrogen-bond donors (Lipinski definition) is 2. The number of amides is 1.